The third-order valence-electron chi connectivity index (χ3n) is 3.03. The smallest absolute Gasteiger partial charge is 0 e. The number of thiophene rings is 1. The Labute approximate surface area is 108 Å². The van der Waals surface area contributed by atoms with E-state index in [1.807, 2.05) is 11.3 Å². The maximum atomic E-state index is 3.48. The minimum atomic E-state index is 0. The zero-order valence-electron chi connectivity index (χ0n) is 7.76. The largest absolute Gasteiger partial charge is 0.317 e. The second-order valence-electron chi connectivity index (χ2n) is 3.85. The van der Waals surface area contributed by atoms with E-state index in [0.29, 0.717) is 0 Å². The van der Waals surface area contributed by atoms with Crippen molar-refractivity contribution in [2.75, 3.05) is 13.1 Å². The average molecular weight is 267 g/mol. The summed E-state index contributed by atoms with van der Waals surface area (Å²) in [4.78, 5) is 2.99. The number of aryl methyl sites for hydroxylation is 1. The van der Waals surface area contributed by atoms with Crippen molar-refractivity contribution >= 4 is 11.3 Å². The monoisotopic (exact) mass is 267 g/mol. The molecule has 0 saturated carbocycles. The molecule has 1 fully saturated rings. The van der Waals surface area contributed by atoms with E-state index in [4.69, 9.17) is 0 Å². The summed E-state index contributed by atoms with van der Waals surface area (Å²) in [5.41, 5.74) is 1.52. The van der Waals surface area contributed by atoms with E-state index in [1.165, 1.54) is 30.0 Å². The van der Waals surface area contributed by atoms with Crippen LogP contribution in [0.25, 0.3) is 0 Å². The van der Waals surface area contributed by atoms with Crippen LogP contribution < -0.4 is 5.32 Å². The van der Waals surface area contributed by atoms with E-state index >= 15 is 0 Å². The van der Waals surface area contributed by atoms with Gasteiger partial charge in [-0.3, -0.25) is 11.3 Å². The zero-order chi connectivity index (χ0) is 8.13. The maximum absolute atomic E-state index is 3.48. The third kappa shape index (κ3) is 1.56. The number of fused-ring (bicyclic) bond motifs is 3. The van der Waals surface area contributed by atoms with Gasteiger partial charge >= 0.3 is 0 Å². The van der Waals surface area contributed by atoms with Gasteiger partial charge in [0, 0.05) is 32.7 Å². The van der Waals surface area contributed by atoms with Gasteiger partial charge in [-0.15, -0.1) is 9.75 Å². The Balaban J connectivity index is 0.000000653. The molecule has 0 bridgehead atoms. The summed E-state index contributed by atoms with van der Waals surface area (Å²) in [6.45, 7) is 4.59. The van der Waals surface area contributed by atoms with Crippen molar-refractivity contribution in [3.8, 4) is 0 Å². The quantitative estimate of drug-likeness (QED) is 0.706. The number of hydrogen-bond donors (Lipinski definition) is 1. The average Bonchev–Trinajstić information content (AvgIpc) is 2.59. The van der Waals surface area contributed by atoms with Crippen LogP contribution >= 0.6 is 11.3 Å². The molecule has 3 rings (SSSR count). The van der Waals surface area contributed by atoms with Crippen molar-refractivity contribution in [3.05, 3.63) is 21.4 Å². The van der Waals surface area contributed by atoms with Crippen LogP contribution in [0.4, 0.5) is 0 Å². The van der Waals surface area contributed by atoms with Gasteiger partial charge in [0.05, 0.1) is 0 Å². The first-order chi connectivity index (χ1) is 5.84. The Kier molecular flexibility index (Phi) is 2.95. The van der Waals surface area contributed by atoms with Gasteiger partial charge < -0.3 is 5.32 Å². The van der Waals surface area contributed by atoms with Crippen molar-refractivity contribution in [1.82, 2.24) is 5.32 Å². The fraction of sp³-hybridized carbons (Fsp3) is 0.600. The minimum Gasteiger partial charge on any atom is -0.317 e. The van der Waals surface area contributed by atoms with Crippen LogP contribution in [0.3, 0.4) is 0 Å². The van der Waals surface area contributed by atoms with Crippen LogP contribution in [0.5, 0.6) is 0 Å². The predicted molar refractivity (Wildman–Crippen MR) is 50.7 cm³/mol. The van der Waals surface area contributed by atoms with Gasteiger partial charge in [-0.05, 0) is 25.9 Å². The van der Waals surface area contributed by atoms with Crippen LogP contribution in [0, 0.1) is 18.9 Å². The molecule has 1 aliphatic heterocycles. The molecule has 0 spiro atoms. The summed E-state index contributed by atoms with van der Waals surface area (Å²) in [7, 11) is 0. The molecule has 0 aromatic carbocycles. The summed E-state index contributed by atoms with van der Waals surface area (Å²) in [5.74, 6) is 1.72. The molecule has 2 heterocycles. The molecule has 1 radical (unpaired) electrons. The molecule has 2 aliphatic rings. The Morgan fingerprint density at radius 1 is 1.46 bits per heavy atom. The van der Waals surface area contributed by atoms with Crippen LogP contribution in [0.15, 0.2) is 0 Å². The summed E-state index contributed by atoms with van der Waals surface area (Å²) < 4.78 is 0. The molecular formula is C10H12NSY-. The van der Waals surface area contributed by atoms with Crippen LogP contribution in [-0.2, 0) is 39.1 Å². The normalized spacial score (nSPS) is 29.6. The molecule has 1 nitrogen and oxygen atoms in total. The number of nitrogens with one attached hydrogen (secondary N) is 1. The van der Waals surface area contributed by atoms with E-state index < -0.39 is 0 Å². The molecule has 0 amide bonds. The standard InChI is InChI=1S/C10H12NS.Y/c1-6-2-7-3-8-4-11-5-9(8)10(7)12-6;/h8-9,11H,3-5H2,1H3;/q-1;. The molecule has 2 unspecified atom stereocenters. The topological polar surface area (TPSA) is 12.0 Å². The second-order valence-corrected chi connectivity index (χ2v) is 5.11. The molecule has 67 valence electrons. The van der Waals surface area contributed by atoms with Crippen LogP contribution in [0.2, 0.25) is 0 Å². The summed E-state index contributed by atoms with van der Waals surface area (Å²) in [5, 5.41) is 3.47. The minimum absolute atomic E-state index is 0. The summed E-state index contributed by atoms with van der Waals surface area (Å²) in [6.07, 6.45) is 1.28. The Bertz CT molecular complexity index is 321. The fourth-order valence-corrected chi connectivity index (χ4v) is 3.68. The molecule has 1 aliphatic carbocycles. The van der Waals surface area contributed by atoms with E-state index in [1.54, 1.807) is 4.88 Å². The van der Waals surface area contributed by atoms with E-state index in [2.05, 4.69) is 18.3 Å². The van der Waals surface area contributed by atoms with Gasteiger partial charge in [-0.25, -0.2) is 11.6 Å². The van der Waals surface area contributed by atoms with Gasteiger partial charge in [-0.1, -0.05) is 12.3 Å². The van der Waals surface area contributed by atoms with Crippen molar-refractivity contribution < 1.29 is 32.7 Å². The Morgan fingerprint density at radius 3 is 3.15 bits per heavy atom. The first kappa shape index (κ1) is 10.3. The number of hydrogen-bond acceptors (Lipinski definition) is 2. The van der Waals surface area contributed by atoms with Crippen molar-refractivity contribution in [2.45, 2.75) is 19.3 Å². The van der Waals surface area contributed by atoms with Gasteiger partial charge in [0.15, 0.2) is 0 Å². The fourth-order valence-electron chi connectivity index (χ4n) is 2.49. The summed E-state index contributed by atoms with van der Waals surface area (Å²) in [6, 6.07) is 3.48. The molecule has 1 aromatic heterocycles. The van der Waals surface area contributed by atoms with Gasteiger partial charge in [0.25, 0.3) is 0 Å². The molecule has 1 N–H and O–H groups in total. The van der Waals surface area contributed by atoms with Gasteiger partial charge in [-0.2, -0.15) is 0 Å². The molecule has 1 saturated heterocycles. The van der Waals surface area contributed by atoms with Gasteiger partial charge in [0.2, 0.25) is 0 Å². The zero-order valence-corrected chi connectivity index (χ0v) is 11.4. The number of rotatable bonds is 0. The Morgan fingerprint density at radius 2 is 2.31 bits per heavy atom. The van der Waals surface area contributed by atoms with Crippen LogP contribution in [0.1, 0.15) is 21.2 Å². The molecule has 3 heteroatoms. The summed E-state index contributed by atoms with van der Waals surface area (Å²) >= 11 is 1.96. The SMILES string of the molecule is Cc1[c-]c2c(s1)C1CNCC1C2.[Y]. The molecular weight excluding hydrogens is 255 g/mol. The maximum Gasteiger partial charge on any atom is 0 e. The molecule has 2 atom stereocenters. The van der Waals surface area contributed by atoms with Crippen molar-refractivity contribution in [2.24, 2.45) is 5.92 Å². The van der Waals surface area contributed by atoms with Crippen molar-refractivity contribution in [3.63, 3.8) is 0 Å². The van der Waals surface area contributed by atoms with Crippen molar-refractivity contribution in [1.29, 1.82) is 0 Å². The van der Waals surface area contributed by atoms with E-state index in [9.17, 15) is 0 Å². The second kappa shape index (κ2) is 3.73. The van der Waals surface area contributed by atoms with E-state index in [-0.39, 0.29) is 32.7 Å². The molecule has 13 heavy (non-hydrogen) atoms. The molecule has 1 aromatic rings. The van der Waals surface area contributed by atoms with E-state index in [0.717, 1.165) is 11.8 Å². The third-order valence-corrected chi connectivity index (χ3v) is 4.21. The predicted octanol–water partition coefficient (Wildman–Crippen LogP) is 1.71. The first-order valence-electron chi connectivity index (χ1n) is 4.57. The Hall–Kier alpha value is 0.764. The van der Waals surface area contributed by atoms with Gasteiger partial charge in [0.1, 0.15) is 0 Å². The first-order valence-corrected chi connectivity index (χ1v) is 5.38. The van der Waals surface area contributed by atoms with Crippen LogP contribution in [-0.4, -0.2) is 13.1 Å².